The first-order chi connectivity index (χ1) is 11.8. The fourth-order valence-electron chi connectivity index (χ4n) is 7.21. The molecule has 0 radical (unpaired) electrons. The minimum absolute atomic E-state index is 0.0175. The molecule has 4 fully saturated rings. The van der Waals surface area contributed by atoms with Crippen molar-refractivity contribution in [2.24, 2.45) is 22.7 Å². The topological polar surface area (TPSA) is 65.0 Å². The highest BCUT2D eigenvalue weighted by Gasteiger charge is 2.75. The van der Waals surface area contributed by atoms with Gasteiger partial charge in [-0.1, -0.05) is 20.3 Å². The predicted molar refractivity (Wildman–Crippen MR) is 89.5 cm³/mol. The maximum atomic E-state index is 12.7. The Morgan fingerprint density at radius 3 is 2.80 bits per heavy atom. The quantitative estimate of drug-likeness (QED) is 0.682. The molecule has 2 saturated carbocycles. The second kappa shape index (κ2) is 4.61. The average molecular weight is 348 g/mol. The number of carbonyl (C=O) groups excluding carboxylic acids is 1. The molecule has 1 N–H and O–H groups in total. The molecule has 3 heterocycles. The number of hydrogen-bond acceptors (Lipinski definition) is 5. The number of esters is 1. The monoisotopic (exact) mass is 348 g/mol. The fourth-order valence-corrected chi connectivity index (χ4v) is 7.21. The normalized spacial score (nSPS) is 59.3. The first-order valence-corrected chi connectivity index (χ1v) is 9.66. The molecule has 3 aliphatic heterocycles. The van der Waals surface area contributed by atoms with Crippen LogP contribution in [0.3, 0.4) is 0 Å². The van der Waals surface area contributed by atoms with Gasteiger partial charge in [-0.25, -0.2) is 0 Å². The van der Waals surface area contributed by atoms with Crippen LogP contribution in [0.2, 0.25) is 0 Å². The number of fused-ring (bicyclic) bond motifs is 1. The summed E-state index contributed by atoms with van der Waals surface area (Å²) in [4.78, 5) is 12.7. The molecular formula is C20H28O5. The van der Waals surface area contributed by atoms with Crippen LogP contribution < -0.4 is 0 Å². The van der Waals surface area contributed by atoms with Crippen molar-refractivity contribution in [1.29, 1.82) is 0 Å². The van der Waals surface area contributed by atoms with Gasteiger partial charge in [-0.15, -0.1) is 0 Å². The van der Waals surface area contributed by atoms with E-state index < -0.39 is 22.7 Å². The van der Waals surface area contributed by atoms with E-state index in [1.54, 1.807) is 6.26 Å². The van der Waals surface area contributed by atoms with Crippen LogP contribution in [0, 0.1) is 22.7 Å². The molecule has 0 amide bonds. The van der Waals surface area contributed by atoms with Gasteiger partial charge in [-0.3, -0.25) is 4.79 Å². The van der Waals surface area contributed by atoms with E-state index in [1.807, 2.05) is 6.08 Å². The van der Waals surface area contributed by atoms with E-state index in [1.165, 1.54) is 0 Å². The Balaban J connectivity index is 1.64. The molecule has 5 heteroatoms. The lowest BCUT2D eigenvalue weighted by molar-refractivity contribution is -0.247. The van der Waals surface area contributed by atoms with Crippen LogP contribution >= 0.6 is 0 Å². The Bertz CT molecular complexity index is 660. The fraction of sp³-hybridized carbons (Fsp3) is 0.850. The van der Waals surface area contributed by atoms with Crippen molar-refractivity contribution in [3.8, 4) is 0 Å². The predicted octanol–water partition coefficient (Wildman–Crippen LogP) is 2.57. The van der Waals surface area contributed by atoms with Gasteiger partial charge in [0.25, 0.3) is 0 Å². The van der Waals surface area contributed by atoms with Gasteiger partial charge in [0, 0.05) is 17.8 Å². The molecule has 5 nitrogen and oxygen atoms in total. The van der Waals surface area contributed by atoms with E-state index in [4.69, 9.17) is 14.2 Å². The number of hydrogen-bond donors (Lipinski definition) is 1. The number of ether oxygens (including phenoxy) is 3. The van der Waals surface area contributed by atoms with E-state index >= 15 is 0 Å². The zero-order valence-corrected chi connectivity index (χ0v) is 15.3. The van der Waals surface area contributed by atoms with Gasteiger partial charge in [0.2, 0.25) is 0 Å². The SMILES string of the molecule is C[C@@H]1C[C@H]2OC(=O)[C@@]3(C)CCC[C@@](C)([C@@H]23)[C@@]12C[C@H](O)[C@@]1(C=COC1)O2. The van der Waals surface area contributed by atoms with Gasteiger partial charge >= 0.3 is 5.97 Å². The maximum absolute atomic E-state index is 12.7. The molecule has 0 bridgehead atoms. The summed E-state index contributed by atoms with van der Waals surface area (Å²) in [5.41, 5.74) is -1.78. The molecule has 0 unspecified atom stereocenters. The van der Waals surface area contributed by atoms with Gasteiger partial charge in [0.05, 0.1) is 23.4 Å². The van der Waals surface area contributed by atoms with Crippen LogP contribution in [0.5, 0.6) is 0 Å². The zero-order valence-electron chi connectivity index (χ0n) is 15.3. The largest absolute Gasteiger partial charge is 0.498 e. The highest BCUT2D eigenvalue weighted by molar-refractivity contribution is 5.80. The standard InChI is InChI=1S/C20H28O5/c1-12-9-13-15-17(2,16(22)24-13)5-4-6-18(15,3)20(12)10-14(21)19(25-20)7-8-23-11-19/h7-8,12-15,21H,4-6,9-11H2,1-3H3/t12-,13-,14+,15+,17+,18+,19+,20-/m1/s1. The molecule has 5 rings (SSSR count). The molecule has 5 aliphatic rings. The number of aliphatic hydroxyl groups excluding tert-OH is 1. The molecule has 0 aromatic heterocycles. The van der Waals surface area contributed by atoms with Crippen LogP contribution in [-0.2, 0) is 19.0 Å². The first-order valence-electron chi connectivity index (χ1n) is 9.66. The molecule has 138 valence electrons. The van der Waals surface area contributed by atoms with E-state index in [2.05, 4.69) is 20.8 Å². The zero-order chi connectivity index (χ0) is 17.7. The smallest absolute Gasteiger partial charge is 0.312 e. The van der Waals surface area contributed by atoms with Crippen LogP contribution in [0.15, 0.2) is 12.3 Å². The van der Waals surface area contributed by atoms with Crippen LogP contribution in [-0.4, -0.2) is 41.1 Å². The van der Waals surface area contributed by atoms with E-state index in [9.17, 15) is 9.90 Å². The summed E-state index contributed by atoms with van der Waals surface area (Å²) in [7, 11) is 0. The molecule has 25 heavy (non-hydrogen) atoms. The highest BCUT2D eigenvalue weighted by Crippen LogP contribution is 2.70. The summed E-state index contributed by atoms with van der Waals surface area (Å²) < 4.78 is 18.1. The third-order valence-corrected chi connectivity index (χ3v) is 8.40. The Morgan fingerprint density at radius 2 is 2.08 bits per heavy atom. The third kappa shape index (κ3) is 1.65. The summed E-state index contributed by atoms with van der Waals surface area (Å²) in [6.07, 6.45) is 7.26. The minimum atomic E-state index is -0.735. The molecule has 2 saturated heterocycles. The number of carbonyl (C=O) groups is 1. The van der Waals surface area contributed by atoms with E-state index in [-0.39, 0.29) is 29.3 Å². The Kier molecular flexibility index (Phi) is 2.97. The van der Waals surface area contributed by atoms with Crippen LogP contribution in [0.1, 0.15) is 52.9 Å². The van der Waals surface area contributed by atoms with Crippen molar-refractivity contribution in [2.45, 2.75) is 76.3 Å². The summed E-state index contributed by atoms with van der Waals surface area (Å²) in [5, 5.41) is 10.9. The summed E-state index contributed by atoms with van der Waals surface area (Å²) in [6.45, 7) is 6.94. The van der Waals surface area contributed by atoms with E-state index in [0.29, 0.717) is 13.0 Å². The molecule has 2 spiro atoms. The van der Waals surface area contributed by atoms with Crippen molar-refractivity contribution in [1.82, 2.24) is 0 Å². The molecule has 0 aromatic rings. The van der Waals surface area contributed by atoms with Gasteiger partial charge in [0.15, 0.2) is 0 Å². The second-order valence-electron chi connectivity index (χ2n) is 9.53. The lowest BCUT2D eigenvalue weighted by atomic mass is 9.44. The summed E-state index contributed by atoms with van der Waals surface area (Å²) in [5.74, 6) is 0.344. The van der Waals surface area contributed by atoms with Gasteiger partial charge in [-0.05, 0) is 38.2 Å². The Labute approximate surface area is 148 Å². The molecule has 8 atom stereocenters. The van der Waals surface area contributed by atoms with Crippen LogP contribution in [0.25, 0.3) is 0 Å². The highest BCUT2D eigenvalue weighted by atomic mass is 16.6. The maximum Gasteiger partial charge on any atom is 0.312 e. The van der Waals surface area contributed by atoms with Gasteiger partial charge in [0.1, 0.15) is 18.3 Å². The summed E-state index contributed by atoms with van der Waals surface area (Å²) in [6, 6.07) is 0. The van der Waals surface area contributed by atoms with Crippen LogP contribution in [0.4, 0.5) is 0 Å². The lowest BCUT2D eigenvalue weighted by Crippen LogP contribution is -2.65. The molecule has 2 aliphatic carbocycles. The average Bonchev–Trinajstić information content (AvgIpc) is 3.19. The number of rotatable bonds is 0. The minimum Gasteiger partial charge on any atom is -0.498 e. The third-order valence-electron chi connectivity index (χ3n) is 8.40. The van der Waals surface area contributed by atoms with Gasteiger partial charge in [-0.2, -0.15) is 0 Å². The van der Waals surface area contributed by atoms with Crippen molar-refractivity contribution in [3.05, 3.63) is 12.3 Å². The van der Waals surface area contributed by atoms with Crippen molar-refractivity contribution in [2.75, 3.05) is 6.61 Å². The summed E-state index contributed by atoms with van der Waals surface area (Å²) >= 11 is 0. The Morgan fingerprint density at radius 1 is 1.28 bits per heavy atom. The Hall–Kier alpha value is -1.07. The molecular weight excluding hydrogens is 320 g/mol. The van der Waals surface area contributed by atoms with Crippen molar-refractivity contribution in [3.63, 3.8) is 0 Å². The second-order valence-corrected chi connectivity index (χ2v) is 9.53. The van der Waals surface area contributed by atoms with Crippen molar-refractivity contribution < 1.29 is 24.1 Å². The van der Waals surface area contributed by atoms with E-state index in [0.717, 1.165) is 25.7 Å². The van der Waals surface area contributed by atoms with Gasteiger partial charge < -0.3 is 19.3 Å². The van der Waals surface area contributed by atoms with Crippen molar-refractivity contribution >= 4 is 5.97 Å². The molecule has 0 aromatic carbocycles. The lowest BCUT2D eigenvalue weighted by Gasteiger charge is -2.61. The first kappa shape index (κ1) is 16.1. The number of aliphatic hydroxyl groups is 1.